The van der Waals surface area contributed by atoms with E-state index in [1.807, 2.05) is 0 Å². The third kappa shape index (κ3) is 4.70. The molecule has 1 aliphatic rings. The summed E-state index contributed by atoms with van der Waals surface area (Å²) in [7, 11) is 7.47. The number of aliphatic hydroxyl groups excluding tert-OH is 1. The molecule has 0 bridgehead atoms. The summed E-state index contributed by atoms with van der Waals surface area (Å²) in [6, 6.07) is 16.3. The van der Waals surface area contributed by atoms with Crippen molar-refractivity contribution >= 4 is 17.4 Å². The van der Waals surface area contributed by atoms with E-state index in [9.17, 15) is 14.7 Å². The topological polar surface area (TPSA) is 104 Å². The van der Waals surface area contributed by atoms with E-state index in [4.69, 9.17) is 23.7 Å². The zero-order valence-corrected chi connectivity index (χ0v) is 21.8. The van der Waals surface area contributed by atoms with Crippen molar-refractivity contribution in [2.24, 2.45) is 0 Å². The van der Waals surface area contributed by atoms with E-state index >= 15 is 0 Å². The minimum atomic E-state index is -0.923. The molecule has 1 unspecified atom stereocenters. The summed E-state index contributed by atoms with van der Waals surface area (Å²) in [5, 5.41) is 11.6. The van der Waals surface area contributed by atoms with Crippen molar-refractivity contribution in [2.45, 2.75) is 12.6 Å². The molecule has 3 aromatic carbocycles. The van der Waals surface area contributed by atoms with Crippen LogP contribution in [-0.4, -0.2) is 57.2 Å². The summed E-state index contributed by atoms with van der Waals surface area (Å²) >= 11 is 0. The SMILES string of the molecule is COc1cccc(C2/C(=C(\O)c3c(OC)cccc3OC)C(=O)C(=O)N2Cc2ccc(OC)c(OC)c2)c1. The molecule has 1 N–H and O–H groups in total. The lowest BCUT2D eigenvalue weighted by Crippen LogP contribution is -2.29. The predicted octanol–water partition coefficient (Wildman–Crippen LogP) is 4.35. The molecule has 1 amide bonds. The highest BCUT2D eigenvalue weighted by Gasteiger charge is 2.46. The van der Waals surface area contributed by atoms with Gasteiger partial charge in [0.25, 0.3) is 11.7 Å². The van der Waals surface area contributed by atoms with Gasteiger partial charge in [-0.3, -0.25) is 9.59 Å². The van der Waals surface area contributed by atoms with Gasteiger partial charge in [0.1, 0.15) is 28.6 Å². The molecule has 3 aromatic rings. The van der Waals surface area contributed by atoms with Crippen LogP contribution in [0.4, 0.5) is 0 Å². The van der Waals surface area contributed by atoms with Gasteiger partial charge >= 0.3 is 0 Å². The number of hydrogen-bond acceptors (Lipinski definition) is 8. The summed E-state index contributed by atoms with van der Waals surface area (Å²) in [6.07, 6.45) is 0. The van der Waals surface area contributed by atoms with Crippen LogP contribution in [0.1, 0.15) is 22.7 Å². The Morgan fingerprint density at radius 3 is 2.00 bits per heavy atom. The van der Waals surface area contributed by atoms with Crippen molar-refractivity contribution in [2.75, 3.05) is 35.5 Å². The number of carbonyl (C=O) groups excluding carboxylic acids is 2. The Hall–Kier alpha value is -4.66. The zero-order valence-electron chi connectivity index (χ0n) is 21.8. The lowest BCUT2D eigenvalue weighted by Gasteiger charge is -2.26. The van der Waals surface area contributed by atoms with E-state index in [-0.39, 0.29) is 29.2 Å². The Labute approximate surface area is 220 Å². The first kappa shape index (κ1) is 26.4. The van der Waals surface area contributed by atoms with Gasteiger partial charge in [-0.05, 0) is 47.5 Å². The molecule has 1 heterocycles. The van der Waals surface area contributed by atoms with Crippen LogP contribution in [0.5, 0.6) is 28.7 Å². The van der Waals surface area contributed by atoms with E-state index in [2.05, 4.69) is 0 Å². The minimum Gasteiger partial charge on any atom is -0.506 e. The molecule has 0 aliphatic carbocycles. The average molecular weight is 520 g/mol. The maximum atomic E-state index is 13.5. The van der Waals surface area contributed by atoms with Gasteiger partial charge in [-0.1, -0.05) is 24.3 Å². The van der Waals surface area contributed by atoms with Gasteiger partial charge in [0.15, 0.2) is 11.5 Å². The molecule has 9 nitrogen and oxygen atoms in total. The molecule has 1 atom stereocenters. The zero-order chi connectivity index (χ0) is 27.4. The van der Waals surface area contributed by atoms with E-state index in [0.29, 0.717) is 28.4 Å². The van der Waals surface area contributed by atoms with Crippen molar-refractivity contribution < 1.29 is 38.4 Å². The first-order valence-electron chi connectivity index (χ1n) is 11.7. The molecule has 38 heavy (non-hydrogen) atoms. The molecule has 9 heteroatoms. The Morgan fingerprint density at radius 1 is 0.763 bits per heavy atom. The predicted molar refractivity (Wildman–Crippen MR) is 140 cm³/mol. The van der Waals surface area contributed by atoms with Crippen molar-refractivity contribution in [1.29, 1.82) is 0 Å². The van der Waals surface area contributed by atoms with E-state index in [0.717, 1.165) is 0 Å². The Morgan fingerprint density at radius 2 is 1.39 bits per heavy atom. The largest absolute Gasteiger partial charge is 0.506 e. The van der Waals surface area contributed by atoms with Crippen LogP contribution in [0.3, 0.4) is 0 Å². The quantitative estimate of drug-likeness (QED) is 0.253. The number of benzene rings is 3. The van der Waals surface area contributed by atoms with Gasteiger partial charge in [-0.2, -0.15) is 0 Å². The van der Waals surface area contributed by atoms with Crippen molar-refractivity contribution in [3.8, 4) is 28.7 Å². The van der Waals surface area contributed by atoms with Crippen molar-refractivity contribution in [3.05, 3.63) is 82.9 Å². The van der Waals surface area contributed by atoms with Crippen LogP contribution in [0.15, 0.2) is 66.2 Å². The van der Waals surface area contributed by atoms with E-state index in [1.54, 1.807) is 60.7 Å². The second-order valence-corrected chi connectivity index (χ2v) is 8.43. The number of rotatable bonds is 9. The molecule has 1 fully saturated rings. The Bertz CT molecular complexity index is 1370. The van der Waals surface area contributed by atoms with Crippen LogP contribution in [0, 0.1) is 0 Å². The Kier molecular flexibility index (Phi) is 7.76. The van der Waals surface area contributed by atoms with Gasteiger partial charge in [0, 0.05) is 6.54 Å². The molecule has 0 saturated carbocycles. The van der Waals surface area contributed by atoms with Gasteiger partial charge in [-0.15, -0.1) is 0 Å². The summed E-state index contributed by atoms with van der Waals surface area (Å²) in [4.78, 5) is 28.4. The number of hydrogen-bond donors (Lipinski definition) is 1. The smallest absolute Gasteiger partial charge is 0.295 e. The summed E-state index contributed by atoms with van der Waals surface area (Å²) in [5.41, 5.74) is 1.37. The van der Waals surface area contributed by atoms with Crippen LogP contribution in [0.25, 0.3) is 5.76 Å². The maximum absolute atomic E-state index is 13.5. The number of likely N-dealkylation sites (tertiary alicyclic amines) is 1. The highest BCUT2D eigenvalue weighted by molar-refractivity contribution is 6.46. The lowest BCUT2D eigenvalue weighted by molar-refractivity contribution is -0.140. The van der Waals surface area contributed by atoms with Crippen LogP contribution in [-0.2, 0) is 16.1 Å². The van der Waals surface area contributed by atoms with Gasteiger partial charge in [0.2, 0.25) is 0 Å². The summed E-state index contributed by atoms with van der Waals surface area (Å²) in [6.45, 7) is 0.0621. The molecular weight excluding hydrogens is 490 g/mol. The first-order valence-corrected chi connectivity index (χ1v) is 11.7. The molecule has 1 aliphatic heterocycles. The standard InChI is InChI=1S/C29H29NO8/c1-34-19-9-6-8-18(15-19)26-25(27(31)24-21(36-3)10-7-11-22(24)37-4)28(32)29(33)30(26)16-17-12-13-20(35-2)23(14-17)38-5/h6-15,26,31H,16H2,1-5H3/b27-25+. The molecule has 1 saturated heterocycles. The first-order chi connectivity index (χ1) is 18.4. The summed E-state index contributed by atoms with van der Waals surface area (Å²) in [5.74, 6) is 0.139. The number of methoxy groups -OCH3 is 5. The normalized spacial score (nSPS) is 16.3. The number of ether oxygens (including phenoxy) is 5. The second-order valence-electron chi connectivity index (χ2n) is 8.43. The second kappa shape index (κ2) is 11.2. The van der Waals surface area contributed by atoms with Gasteiger partial charge in [0.05, 0.1) is 47.2 Å². The molecule has 0 aromatic heterocycles. The van der Waals surface area contributed by atoms with Gasteiger partial charge < -0.3 is 33.7 Å². The Balaban J connectivity index is 1.92. The van der Waals surface area contributed by atoms with Crippen LogP contribution < -0.4 is 23.7 Å². The van der Waals surface area contributed by atoms with Gasteiger partial charge in [-0.25, -0.2) is 0 Å². The number of amides is 1. The molecule has 0 spiro atoms. The number of aliphatic hydroxyl groups is 1. The van der Waals surface area contributed by atoms with Crippen molar-refractivity contribution in [3.63, 3.8) is 0 Å². The third-order valence-electron chi connectivity index (χ3n) is 6.41. The minimum absolute atomic E-state index is 0.0621. The lowest BCUT2D eigenvalue weighted by atomic mass is 9.94. The highest BCUT2D eigenvalue weighted by Crippen LogP contribution is 2.44. The number of Topliss-reactive ketones (excluding diaryl/α,β-unsaturated/α-hetero) is 1. The summed E-state index contributed by atoms with van der Waals surface area (Å²) < 4.78 is 27.0. The molecule has 198 valence electrons. The number of ketones is 1. The highest BCUT2D eigenvalue weighted by atomic mass is 16.5. The van der Waals surface area contributed by atoms with E-state index < -0.39 is 23.5 Å². The molecular formula is C29H29NO8. The average Bonchev–Trinajstić information content (AvgIpc) is 3.21. The number of nitrogens with zero attached hydrogens (tertiary/aromatic N) is 1. The fraction of sp³-hybridized carbons (Fsp3) is 0.241. The molecule has 0 radical (unpaired) electrons. The monoisotopic (exact) mass is 519 g/mol. The number of carbonyl (C=O) groups is 2. The molecule has 4 rings (SSSR count). The van der Waals surface area contributed by atoms with Crippen LogP contribution in [0.2, 0.25) is 0 Å². The van der Waals surface area contributed by atoms with Crippen molar-refractivity contribution in [1.82, 2.24) is 4.90 Å². The fourth-order valence-corrected chi connectivity index (χ4v) is 4.60. The third-order valence-corrected chi connectivity index (χ3v) is 6.41. The fourth-order valence-electron chi connectivity index (χ4n) is 4.60. The van der Waals surface area contributed by atoms with Crippen LogP contribution >= 0.6 is 0 Å². The van der Waals surface area contributed by atoms with E-state index in [1.165, 1.54) is 40.4 Å². The maximum Gasteiger partial charge on any atom is 0.295 e.